The summed E-state index contributed by atoms with van der Waals surface area (Å²) in [6.07, 6.45) is 1.67. The predicted octanol–water partition coefficient (Wildman–Crippen LogP) is 2.42. The number of nitrogens with two attached hydrogens (primary N) is 1. The summed E-state index contributed by atoms with van der Waals surface area (Å²) < 4.78 is 6.69. The molecule has 0 spiro atoms. The van der Waals surface area contributed by atoms with Gasteiger partial charge in [0.2, 0.25) is 0 Å². The summed E-state index contributed by atoms with van der Waals surface area (Å²) in [6.45, 7) is 0. The van der Waals surface area contributed by atoms with Crippen LogP contribution in [0.5, 0.6) is 5.75 Å². The molecular weight excluding hydrogens is 242 g/mol. The Labute approximate surface area is 111 Å². The molecule has 0 atom stereocenters. The summed E-state index contributed by atoms with van der Waals surface area (Å²) in [6, 6.07) is 9.37. The zero-order chi connectivity index (χ0) is 13.4. The quantitative estimate of drug-likeness (QED) is 0.918. The van der Waals surface area contributed by atoms with E-state index in [2.05, 4.69) is 11.2 Å². The number of carbonyl (C=O) groups excluding carboxylic acids is 1. The molecule has 5 heteroatoms. The maximum absolute atomic E-state index is 10.6. The van der Waals surface area contributed by atoms with Crippen molar-refractivity contribution in [3.63, 3.8) is 0 Å². The Kier molecular flexibility index (Phi) is 2.74. The fraction of sp³-hybridized carbons (Fsp3) is 0.286. The highest BCUT2D eigenvalue weighted by Crippen LogP contribution is 2.40. The molecule has 1 aliphatic rings. The van der Waals surface area contributed by atoms with Crippen LogP contribution in [-0.4, -0.2) is 15.9 Å². The standard InChI is InChI=1S/C14H15N3O2/c1-17-13(8-12(16-17)9-2-3-9)10-4-6-11(7-5-10)19-14(15)18/h4-9H,2-3H2,1H3,(H2,15,18). The first-order valence-electron chi connectivity index (χ1n) is 6.25. The Bertz CT molecular complexity index is 612. The highest BCUT2D eigenvalue weighted by Gasteiger charge is 2.26. The number of primary amides is 1. The average Bonchev–Trinajstić information content (AvgIpc) is 3.14. The van der Waals surface area contributed by atoms with Crippen molar-refractivity contribution in [3.8, 4) is 17.0 Å². The maximum atomic E-state index is 10.6. The molecule has 0 saturated heterocycles. The monoisotopic (exact) mass is 257 g/mol. The van der Waals surface area contributed by atoms with Crippen LogP contribution in [0.4, 0.5) is 4.79 Å². The summed E-state index contributed by atoms with van der Waals surface area (Å²) in [7, 11) is 1.94. The average molecular weight is 257 g/mol. The number of hydrogen-bond acceptors (Lipinski definition) is 3. The maximum Gasteiger partial charge on any atom is 0.409 e. The van der Waals surface area contributed by atoms with Crippen LogP contribution in [0.3, 0.4) is 0 Å². The fourth-order valence-electron chi connectivity index (χ4n) is 2.15. The first-order chi connectivity index (χ1) is 9.13. The molecule has 2 aromatic rings. The van der Waals surface area contributed by atoms with E-state index in [4.69, 9.17) is 10.5 Å². The SMILES string of the molecule is Cn1nc(C2CC2)cc1-c1ccc(OC(N)=O)cc1. The van der Waals surface area contributed by atoms with E-state index in [1.165, 1.54) is 12.8 Å². The molecule has 98 valence electrons. The molecule has 0 radical (unpaired) electrons. The second-order valence-electron chi connectivity index (χ2n) is 4.80. The second kappa shape index (κ2) is 4.42. The molecule has 5 nitrogen and oxygen atoms in total. The van der Waals surface area contributed by atoms with Crippen molar-refractivity contribution >= 4 is 6.09 Å². The van der Waals surface area contributed by atoms with Gasteiger partial charge in [0.1, 0.15) is 5.75 Å². The lowest BCUT2D eigenvalue weighted by Crippen LogP contribution is -2.16. The number of hydrogen-bond donors (Lipinski definition) is 1. The Morgan fingerprint density at radius 1 is 1.37 bits per heavy atom. The molecule has 1 amide bonds. The van der Waals surface area contributed by atoms with Crippen molar-refractivity contribution in [3.05, 3.63) is 36.0 Å². The number of aromatic nitrogens is 2. The topological polar surface area (TPSA) is 70.1 Å². The number of benzene rings is 1. The molecule has 1 aliphatic carbocycles. The number of ether oxygens (including phenoxy) is 1. The van der Waals surface area contributed by atoms with Gasteiger partial charge in [-0.15, -0.1) is 0 Å². The van der Waals surface area contributed by atoms with Crippen molar-refractivity contribution in [2.45, 2.75) is 18.8 Å². The van der Waals surface area contributed by atoms with Crippen molar-refractivity contribution < 1.29 is 9.53 Å². The van der Waals surface area contributed by atoms with E-state index in [1.807, 2.05) is 23.9 Å². The van der Waals surface area contributed by atoms with Crippen molar-refractivity contribution in [2.75, 3.05) is 0 Å². The van der Waals surface area contributed by atoms with Crippen molar-refractivity contribution in [2.24, 2.45) is 12.8 Å². The molecule has 0 bridgehead atoms. The summed E-state index contributed by atoms with van der Waals surface area (Å²) in [5, 5.41) is 4.53. The first kappa shape index (κ1) is 11.8. The molecule has 2 N–H and O–H groups in total. The van der Waals surface area contributed by atoms with Crippen LogP contribution < -0.4 is 10.5 Å². The highest BCUT2D eigenvalue weighted by atomic mass is 16.5. The van der Waals surface area contributed by atoms with Gasteiger partial charge in [-0.3, -0.25) is 4.68 Å². The van der Waals surface area contributed by atoms with E-state index in [9.17, 15) is 4.79 Å². The Morgan fingerprint density at radius 3 is 2.63 bits per heavy atom. The van der Waals surface area contributed by atoms with Crippen LogP contribution in [0.2, 0.25) is 0 Å². The van der Waals surface area contributed by atoms with E-state index in [-0.39, 0.29) is 0 Å². The Balaban J connectivity index is 1.86. The largest absolute Gasteiger partial charge is 0.411 e. The minimum absolute atomic E-state index is 0.445. The number of rotatable bonds is 3. The lowest BCUT2D eigenvalue weighted by atomic mass is 10.1. The zero-order valence-electron chi connectivity index (χ0n) is 10.7. The molecule has 3 rings (SSSR count). The van der Waals surface area contributed by atoms with Crippen LogP contribution in [0.25, 0.3) is 11.3 Å². The Hall–Kier alpha value is -2.30. The minimum Gasteiger partial charge on any atom is -0.411 e. The van der Waals surface area contributed by atoms with Crippen LogP contribution in [-0.2, 0) is 7.05 Å². The number of nitrogens with zero attached hydrogens (tertiary/aromatic N) is 2. The van der Waals surface area contributed by atoms with Gasteiger partial charge in [-0.05, 0) is 43.2 Å². The van der Waals surface area contributed by atoms with Crippen LogP contribution in [0, 0.1) is 0 Å². The van der Waals surface area contributed by atoms with Gasteiger partial charge in [0, 0.05) is 18.5 Å². The smallest absolute Gasteiger partial charge is 0.409 e. The summed E-state index contributed by atoms with van der Waals surface area (Å²) in [5.74, 6) is 1.08. The lowest BCUT2D eigenvalue weighted by Gasteiger charge is -2.04. The first-order valence-corrected chi connectivity index (χ1v) is 6.25. The van der Waals surface area contributed by atoms with Crippen LogP contribution >= 0.6 is 0 Å². The summed E-state index contributed by atoms with van der Waals surface area (Å²) in [5.41, 5.74) is 8.23. The molecule has 19 heavy (non-hydrogen) atoms. The van der Waals surface area contributed by atoms with E-state index in [1.54, 1.807) is 12.1 Å². The van der Waals surface area contributed by atoms with E-state index < -0.39 is 6.09 Å². The van der Waals surface area contributed by atoms with Gasteiger partial charge in [0.05, 0.1) is 11.4 Å². The fourth-order valence-corrected chi connectivity index (χ4v) is 2.15. The second-order valence-corrected chi connectivity index (χ2v) is 4.80. The number of carbonyl (C=O) groups is 1. The summed E-state index contributed by atoms with van der Waals surface area (Å²) in [4.78, 5) is 10.6. The van der Waals surface area contributed by atoms with Gasteiger partial charge >= 0.3 is 6.09 Å². The van der Waals surface area contributed by atoms with Crippen molar-refractivity contribution in [1.82, 2.24) is 9.78 Å². The Morgan fingerprint density at radius 2 is 2.05 bits per heavy atom. The number of aryl methyl sites for hydroxylation is 1. The van der Waals surface area contributed by atoms with Crippen LogP contribution in [0.1, 0.15) is 24.5 Å². The zero-order valence-corrected chi connectivity index (χ0v) is 10.7. The van der Waals surface area contributed by atoms with Gasteiger partial charge in [0.25, 0.3) is 0 Å². The molecule has 1 aromatic carbocycles. The predicted molar refractivity (Wildman–Crippen MR) is 70.8 cm³/mol. The van der Waals surface area contributed by atoms with E-state index in [0.717, 1.165) is 17.0 Å². The molecule has 0 aliphatic heterocycles. The van der Waals surface area contributed by atoms with Crippen molar-refractivity contribution in [1.29, 1.82) is 0 Å². The summed E-state index contributed by atoms with van der Waals surface area (Å²) >= 11 is 0. The molecule has 1 fully saturated rings. The number of amides is 1. The van der Waals surface area contributed by atoms with Gasteiger partial charge in [-0.1, -0.05) is 0 Å². The minimum atomic E-state index is -0.802. The van der Waals surface area contributed by atoms with E-state index in [0.29, 0.717) is 11.7 Å². The molecule has 1 heterocycles. The molecular formula is C14H15N3O2. The van der Waals surface area contributed by atoms with Gasteiger partial charge in [0.15, 0.2) is 0 Å². The molecule has 0 unspecified atom stereocenters. The highest BCUT2D eigenvalue weighted by molar-refractivity contribution is 5.69. The van der Waals surface area contributed by atoms with Gasteiger partial charge in [-0.2, -0.15) is 5.10 Å². The normalized spacial score (nSPS) is 14.4. The third-order valence-corrected chi connectivity index (χ3v) is 3.26. The molecule has 1 aromatic heterocycles. The third kappa shape index (κ3) is 2.45. The third-order valence-electron chi connectivity index (χ3n) is 3.26. The molecule has 1 saturated carbocycles. The van der Waals surface area contributed by atoms with E-state index >= 15 is 0 Å². The van der Waals surface area contributed by atoms with Gasteiger partial charge in [-0.25, -0.2) is 4.79 Å². The lowest BCUT2D eigenvalue weighted by molar-refractivity contribution is 0.211. The van der Waals surface area contributed by atoms with Gasteiger partial charge < -0.3 is 10.5 Å². The van der Waals surface area contributed by atoms with Crippen LogP contribution in [0.15, 0.2) is 30.3 Å².